The van der Waals surface area contributed by atoms with Crippen LogP contribution < -0.4 is 22.1 Å². The van der Waals surface area contributed by atoms with Gasteiger partial charge in [0, 0.05) is 0 Å². The summed E-state index contributed by atoms with van der Waals surface area (Å²) in [7, 11) is 0. The minimum Gasteiger partial charge on any atom is -1.00 e. The minimum atomic E-state index is -0.0756. The predicted molar refractivity (Wildman–Crippen MR) is 30.1 cm³/mol. The number of allylic oxidation sites excluding steroid dienone is 1. The molecule has 0 spiro atoms. The first kappa shape index (κ1) is 16.0. The Kier molecular flexibility index (Phi) is 31.3. The molecule has 1 nitrogen and oxygen atoms in total. The molecule has 0 N–H and O–H groups in total. The Morgan fingerprint density at radius 2 is 1.88 bits per heavy atom. The molecule has 0 saturated carbocycles. The molecule has 0 aromatic heterocycles. The van der Waals surface area contributed by atoms with Crippen molar-refractivity contribution in [1.29, 1.82) is 0 Å². The van der Waals surface area contributed by atoms with Crippen LogP contribution in [0.15, 0.2) is 12.2 Å². The first-order valence-electron chi connectivity index (χ1n) is 2.15. The van der Waals surface area contributed by atoms with Gasteiger partial charge in [-0.3, -0.25) is 0 Å². The average molecular weight is 189 g/mol. The van der Waals surface area contributed by atoms with E-state index in [0.29, 0.717) is 0 Å². The van der Waals surface area contributed by atoms with E-state index in [9.17, 15) is 5.11 Å². The molecule has 0 radical (unpaired) electrons. The van der Waals surface area contributed by atoms with Crippen LogP contribution in [0.3, 0.4) is 0 Å². The van der Waals surface area contributed by atoms with Crippen molar-refractivity contribution in [2.24, 2.45) is 0 Å². The Morgan fingerprint density at radius 1 is 1.38 bits per heavy atom. The molecule has 0 saturated heterocycles. The smallest absolute Gasteiger partial charge is 1.00 e. The van der Waals surface area contributed by atoms with Crippen molar-refractivity contribution in [3.8, 4) is 0 Å². The molecule has 0 aliphatic carbocycles. The zero-order valence-electron chi connectivity index (χ0n) is 5.06. The second kappa shape index (κ2) is 15.7. The molecule has 3 heteroatoms. The molecule has 8 heavy (non-hydrogen) atoms. The van der Waals surface area contributed by atoms with E-state index in [1.807, 2.05) is 13.0 Å². The fraction of sp³-hybridized carbons (Fsp3) is 0.600. The number of rotatable bonds is 2. The summed E-state index contributed by atoms with van der Waals surface area (Å²) in [6, 6.07) is 0. The predicted octanol–water partition coefficient (Wildman–Crippen LogP) is -3.06. The second-order valence-electron chi connectivity index (χ2n) is 1.05. The van der Waals surface area contributed by atoms with Gasteiger partial charge in [0.05, 0.1) is 0 Å². The molecule has 0 amide bonds. The topological polar surface area (TPSA) is 23.1 Å². The van der Waals surface area contributed by atoms with Gasteiger partial charge in [-0.25, -0.2) is 0 Å². The summed E-state index contributed by atoms with van der Waals surface area (Å²) in [6.07, 6.45) is 4.47. The van der Waals surface area contributed by atoms with Crippen molar-refractivity contribution < 1.29 is 22.1 Å². The molecular weight excluding hydrogens is 180 g/mol. The Labute approximate surface area is 77.1 Å². The summed E-state index contributed by atoms with van der Waals surface area (Å²) < 4.78 is 0. The zero-order chi connectivity index (χ0) is 4.83. The van der Waals surface area contributed by atoms with Crippen LogP contribution in [-0.4, -0.2) is 29.7 Å². The van der Waals surface area contributed by atoms with Crippen LogP contribution in [0.5, 0.6) is 0 Å². The van der Waals surface area contributed by atoms with Crippen molar-refractivity contribution >= 4 is 23.1 Å². The third kappa shape index (κ3) is 15.8. The molecule has 0 aromatic carbocycles. The summed E-state index contributed by atoms with van der Waals surface area (Å²) in [4.78, 5) is 0. The maximum absolute atomic E-state index is 9.60. The SMILES string of the molecule is CC/C=C/C[O-].[Br-].[Mg+2]. The monoisotopic (exact) mass is 188 g/mol. The average Bonchev–Trinajstić information content (AvgIpc) is 1.61. The molecule has 0 rings (SSSR count). The van der Waals surface area contributed by atoms with Crippen LogP contribution >= 0.6 is 0 Å². The van der Waals surface area contributed by atoms with Gasteiger partial charge < -0.3 is 22.1 Å². The zero-order valence-corrected chi connectivity index (χ0v) is 8.06. The number of halogens is 1. The molecule has 0 aromatic rings. The molecule has 0 unspecified atom stereocenters. The molecule has 0 bridgehead atoms. The molecular formula is C5H9BrMgO. The molecule has 0 atom stereocenters. The normalized spacial score (nSPS) is 7.75. The van der Waals surface area contributed by atoms with Crippen molar-refractivity contribution in [2.75, 3.05) is 6.61 Å². The Balaban J connectivity index is -0.000000125. The Bertz CT molecular complexity index is 41.7. The minimum absolute atomic E-state index is 0. The van der Waals surface area contributed by atoms with Gasteiger partial charge in [0.25, 0.3) is 0 Å². The van der Waals surface area contributed by atoms with Crippen LogP contribution in [0.25, 0.3) is 0 Å². The van der Waals surface area contributed by atoms with Crippen LogP contribution in [0.1, 0.15) is 13.3 Å². The second-order valence-corrected chi connectivity index (χ2v) is 1.05. The van der Waals surface area contributed by atoms with Gasteiger partial charge in [-0.1, -0.05) is 13.0 Å². The van der Waals surface area contributed by atoms with E-state index < -0.39 is 0 Å². The van der Waals surface area contributed by atoms with Crippen molar-refractivity contribution in [3.63, 3.8) is 0 Å². The standard InChI is InChI=1S/C5H9O.BrH.Mg/c1-2-3-4-5-6;;/h3-4H,2,5H2,1H3;1H;/q-1;;+2/p-1/b4-3+;;. The van der Waals surface area contributed by atoms with Crippen molar-refractivity contribution in [2.45, 2.75) is 13.3 Å². The molecule has 0 fully saturated rings. The number of hydrogen-bond donors (Lipinski definition) is 0. The quantitative estimate of drug-likeness (QED) is 0.334. The van der Waals surface area contributed by atoms with Crippen LogP contribution in [0.2, 0.25) is 0 Å². The van der Waals surface area contributed by atoms with Crippen molar-refractivity contribution in [3.05, 3.63) is 12.2 Å². The largest absolute Gasteiger partial charge is 2.00 e. The van der Waals surface area contributed by atoms with Crippen LogP contribution in [0.4, 0.5) is 0 Å². The third-order valence-electron chi connectivity index (χ3n) is 0.499. The maximum Gasteiger partial charge on any atom is 2.00 e. The fourth-order valence-corrected chi connectivity index (χ4v) is 0.235. The van der Waals surface area contributed by atoms with Gasteiger partial charge in [-0.2, -0.15) is 0 Å². The van der Waals surface area contributed by atoms with E-state index in [2.05, 4.69) is 0 Å². The summed E-state index contributed by atoms with van der Waals surface area (Å²) in [6.45, 7) is 1.93. The van der Waals surface area contributed by atoms with Crippen molar-refractivity contribution in [1.82, 2.24) is 0 Å². The van der Waals surface area contributed by atoms with Gasteiger partial charge in [0.15, 0.2) is 0 Å². The van der Waals surface area contributed by atoms with Gasteiger partial charge in [0.1, 0.15) is 0 Å². The van der Waals surface area contributed by atoms with Gasteiger partial charge in [-0.15, -0.1) is 12.7 Å². The number of hydrogen-bond acceptors (Lipinski definition) is 1. The van der Waals surface area contributed by atoms with Crippen LogP contribution in [0, 0.1) is 0 Å². The summed E-state index contributed by atoms with van der Waals surface area (Å²) in [5.41, 5.74) is 0. The summed E-state index contributed by atoms with van der Waals surface area (Å²) in [5, 5.41) is 9.60. The molecule has 0 heterocycles. The van der Waals surface area contributed by atoms with Gasteiger partial charge in [-0.05, 0) is 6.42 Å². The molecule has 0 aliphatic rings. The maximum atomic E-state index is 9.60. The third-order valence-corrected chi connectivity index (χ3v) is 0.499. The fourth-order valence-electron chi connectivity index (χ4n) is 0.235. The molecule has 0 aliphatic heterocycles. The first-order valence-corrected chi connectivity index (χ1v) is 2.15. The van der Waals surface area contributed by atoms with E-state index >= 15 is 0 Å². The summed E-state index contributed by atoms with van der Waals surface area (Å²) >= 11 is 0. The Hall–Kier alpha value is 0.946. The van der Waals surface area contributed by atoms with E-state index in [0.717, 1.165) is 6.42 Å². The van der Waals surface area contributed by atoms with E-state index in [1.165, 1.54) is 0 Å². The van der Waals surface area contributed by atoms with E-state index in [4.69, 9.17) is 0 Å². The van der Waals surface area contributed by atoms with Gasteiger partial charge >= 0.3 is 23.1 Å². The molecule has 44 valence electrons. The van der Waals surface area contributed by atoms with E-state index in [-0.39, 0.29) is 46.6 Å². The van der Waals surface area contributed by atoms with Gasteiger partial charge in [0.2, 0.25) is 0 Å². The first-order chi connectivity index (χ1) is 2.91. The summed E-state index contributed by atoms with van der Waals surface area (Å²) in [5.74, 6) is 0. The van der Waals surface area contributed by atoms with Crippen LogP contribution in [-0.2, 0) is 0 Å². The Morgan fingerprint density at radius 3 is 2.00 bits per heavy atom. The van der Waals surface area contributed by atoms with E-state index in [1.54, 1.807) is 6.08 Å².